The molecular weight excluding hydrogens is 96.1 g/mol. The third kappa shape index (κ3) is 11.0. The van der Waals surface area contributed by atoms with Gasteiger partial charge in [0.2, 0.25) is 0 Å². The Balaban J connectivity index is 0. The summed E-state index contributed by atoms with van der Waals surface area (Å²) in [6.45, 7) is -0.250. The maximum atomic E-state index is 7.62. The molecule has 0 bridgehead atoms. The number of aliphatic hydroxyl groups is 2. The molecule has 30 valence electrons. The molecule has 0 aliphatic heterocycles. The topological polar surface area (TPSA) is 40.5 Å². The zero-order chi connectivity index (χ0) is 3.41. The summed E-state index contributed by atoms with van der Waals surface area (Å²) in [4.78, 5) is 0. The molecule has 2 nitrogen and oxygen atoms in total. The van der Waals surface area contributed by atoms with Crippen LogP contribution in [0.4, 0.5) is 0 Å². The first kappa shape index (κ1) is 9.49. The van der Waals surface area contributed by atoms with Crippen LogP contribution in [-0.2, 0) is 0 Å². The molecule has 0 heterocycles. The van der Waals surface area contributed by atoms with Crippen molar-refractivity contribution in [3.05, 3.63) is 0 Å². The molecule has 0 aromatic rings. The van der Waals surface area contributed by atoms with Crippen LogP contribution in [0.15, 0.2) is 0 Å². The predicted molar refractivity (Wildman–Crippen MR) is 22.7 cm³/mol. The fourth-order valence-corrected chi connectivity index (χ4v) is 0. The quantitative estimate of drug-likeness (QED) is 0.380. The monoisotopic (exact) mass is 104 g/mol. The van der Waals surface area contributed by atoms with Crippen molar-refractivity contribution in [2.75, 3.05) is 13.2 Å². The van der Waals surface area contributed by atoms with E-state index in [1.807, 2.05) is 0 Å². The Labute approximate surface area is 60.8 Å². The molecule has 0 atom stereocenters. The summed E-state index contributed by atoms with van der Waals surface area (Å²) in [5, 5.41) is 15.2. The van der Waals surface area contributed by atoms with E-state index in [1.54, 1.807) is 0 Å². The molecule has 0 saturated heterocycles. The van der Waals surface area contributed by atoms with Gasteiger partial charge in [0.25, 0.3) is 0 Å². The molecule has 0 rings (SSSR count). The summed E-state index contributed by atoms with van der Waals surface area (Å²) in [7, 11) is 0. The second-order valence-electron chi connectivity index (χ2n) is 0.447. The van der Waals surface area contributed by atoms with Gasteiger partial charge in [0.15, 0.2) is 0 Å². The van der Waals surface area contributed by atoms with Gasteiger partial charge in [-0.3, -0.25) is 0 Å². The second kappa shape index (κ2) is 8.95. The molecular formula is C2H8CaO2. The zero-order valence-corrected chi connectivity index (χ0v) is 2.31. The van der Waals surface area contributed by atoms with E-state index >= 15 is 0 Å². The summed E-state index contributed by atoms with van der Waals surface area (Å²) < 4.78 is 0. The van der Waals surface area contributed by atoms with Gasteiger partial charge in [-0.2, -0.15) is 0 Å². The fourth-order valence-electron chi connectivity index (χ4n) is 0. The molecule has 0 aliphatic rings. The van der Waals surface area contributed by atoms with E-state index in [4.69, 9.17) is 10.2 Å². The van der Waals surface area contributed by atoms with Crippen molar-refractivity contribution < 1.29 is 10.2 Å². The number of hydrogen-bond donors (Lipinski definition) is 2. The van der Waals surface area contributed by atoms with E-state index in [9.17, 15) is 0 Å². The van der Waals surface area contributed by atoms with Crippen molar-refractivity contribution in [3.8, 4) is 0 Å². The van der Waals surface area contributed by atoms with Crippen LogP contribution < -0.4 is 0 Å². The molecule has 0 saturated carbocycles. The van der Waals surface area contributed by atoms with Gasteiger partial charge in [-0.15, -0.1) is 0 Å². The Morgan fingerprint density at radius 3 is 1.20 bits per heavy atom. The third-order valence-electron chi connectivity index (χ3n) is 0.1000. The maximum absolute atomic E-state index is 7.62. The summed E-state index contributed by atoms with van der Waals surface area (Å²) in [6, 6.07) is 0. The van der Waals surface area contributed by atoms with E-state index in [-0.39, 0.29) is 51.0 Å². The molecule has 0 radical (unpaired) electrons. The Morgan fingerprint density at radius 2 is 1.20 bits per heavy atom. The van der Waals surface area contributed by atoms with Gasteiger partial charge in [-0.05, 0) is 0 Å². The fraction of sp³-hybridized carbons (Fsp3) is 1.00. The summed E-state index contributed by atoms with van der Waals surface area (Å²) >= 11 is 0. The van der Waals surface area contributed by atoms with Crippen molar-refractivity contribution in [1.82, 2.24) is 0 Å². The average Bonchev–Trinajstić information content (AvgIpc) is 1.37. The van der Waals surface area contributed by atoms with Gasteiger partial charge in [0.1, 0.15) is 0 Å². The van der Waals surface area contributed by atoms with Crippen LogP contribution in [-0.4, -0.2) is 61.2 Å². The second-order valence-corrected chi connectivity index (χ2v) is 0.447. The van der Waals surface area contributed by atoms with Crippen molar-refractivity contribution in [3.63, 3.8) is 0 Å². The van der Waals surface area contributed by atoms with Gasteiger partial charge in [0.05, 0.1) is 13.2 Å². The zero-order valence-electron chi connectivity index (χ0n) is 2.31. The van der Waals surface area contributed by atoms with Crippen molar-refractivity contribution in [2.24, 2.45) is 0 Å². The van der Waals surface area contributed by atoms with Crippen LogP contribution in [0.3, 0.4) is 0 Å². The molecule has 0 unspecified atom stereocenters. The molecule has 5 heavy (non-hydrogen) atoms. The first-order chi connectivity index (χ1) is 1.91. The predicted octanol–water partition coefficient (Wildman–Crippen LogP) is -1.95. The standard InChI is InChI=1S/C2H6O2.Ca.2H/c3-1-2-4;;;/h3-4H,1-2H2;;;. The van der Waals surface area contributed by atoms with Crippen molar-refractivity contribution in [2.45, 2.75) is 0 Å². The van der Waals surface area contributed by atoms with Crippen LogP contribution >= 0.6 is 0 Å². The van der Waals surface area contributed by atoms with Crippen molar-refractivity contribution in [1.29, 1.82) is 0 Å². The number of rotatable bonds is 1. The molecule has 0 aliphatic carbocycles. The number of hydrogen-bond acceptors (Lipinski definition) is 2. The Bertz CT molecular complexity index is 9.61. The van der Waals surface area contributed by atoms with Crippen LogP contribution in [0, 0.1) is 0 Å². The number of aliphatic hydroxyl groups excluding tert-OH is 2. The Hall–Kier alpha value is 1.18. The van der Waals surface area contributed by atoms with Crippen LogP contribution in [0.2, 0.25) is 0 Å². The van der Waals surface area contributed by atoms with E-state index in [0.29, 0.717) is 0 Å². The Kier molecular flexibility index (Phi) is 17.0. The minimum absolute atomic E-state index is 0. The molecule has 0 fully saturated rings. The van der Waals surface area contributed by atoms with Gasteiger partial charge in [-0.25, -0.2) is 0 Å². The average molecular weight is 104 g/mol. The van der Waals surface area contributed by atoms with Gasteiger partial charge in [-0.1, -0.05) is 0 Å². The first-order valence-corrected chi connectivity index (χ1v) is 1.13. The summed E-state index contributed by atoms with van der Waals surface area (Å²) in [5.41, 5.74) is 0. The molecule has 0 spiro atoms. The van der Waals surface area contributed by atoms with E-state index in [2.05, 4.69) is 0 Å². The Morgan fingerprint density at radius 1 is 1.00 bits per heavy atom. The van der Waals surface area contributed by atoms with Crippen LogP contribution in [0.25, 0.3) is 0 Å². The van der Waals surface area contributed by atoms with Gasteiger partial charge < -0.3 is 10.2 Å². The third-order valence-corrected chi connectivity index (χ3v) is 0.1000. The van der Waals surface area contributed by atoms with Gasteiger partial charge in [0, 0.05) is 0 Å². The summed E-state index contributed by atoms with van der Waals surface area (Å²) in [5.74, 6) is 0. The first-order valence-electron chi connectivity index (χ1n) is 1.13. The van der Waals surface area contributed by atoms with E-state index < -0.39 is 0 Å². The molecule has 0 aromatic carbocycles. The molecule has 0 amide bonds. The van der Waals surface area contributed by atoms with Crippen LogP contribution in [0.1, 0.15) is 0 Å². The van der Waals surface area contributed by atoms with Gasteiger partial charge >= 0.3 is 37.7 Å². The minimum atomic E-state index is -0.125. The van der Waals surface area contributed by atoms with E-state index in [1.165, 1.54) is 0 Å². The normalized spacial score (nSPS) is 6.00. The molecule has 2 N–H and O–H groups in total. The summed E-state index contributed by atoms with van der Waals surface area (Å²) in [6.07, 6.45) is 0. The van der Waals surface area contributed by atoms with Crippen LogP contribution in [0.5, 0.6) is 0 Å². The van der Waals surface area contributed by atoms with Crippen molar-refractivity contribution >= 4 is 37.7 Å². The molecule has 0 aromatic heterocycles. The SMILES string of the molecule is OCCO.[CaH2]. The molecule has 3 heteroatoms. The van der Waals surface area contributed by atoms with E-state index in [0.717, 1.165) is 0 Å².